The zero-order valence-corrected chi connectivity index (χ0v) is 9.76. The zero-order valence-electron chi connectivity index (χ0n) is 9.76. The van der Waals surface area contributed by atoms with Gasteiger partial charge in [0.25, 0.3) is 0 Å². The van der Waals surface area contributed by atoms with E-state index in [1.165, 1.54) is 38.9 Å². The molecule has 2 nitrogen and oxygen atoms in total. The first-order valence-corrected chi connectivity index (χ1v) is 5.96. The topological polar surface area (TPSA) is 18.5 Å². The molecule has 0 fully saturated rings. The summed E-state index contributed by atoms with van der Waals surface area (Å²) in [5.74, 6) is 0. The van der Waals surface area contributed by atoms with Crippen LogP contribution in [0.3, 0.4) is 0 Å². The zero-order chi connectivity index (χ0) is 10.5. The van der Waals surface area contributed by atoms with E-state index in [2.05, 4.69) is 13.8 Å². The molecule has 0 heterocycles. The second kappa shape index (κ2) is 12.9. The van der Waals surface area contributed by atoms with Crippen LogP contribution < -0.4 is 0 Å². The lowest BCUT2D eigenvalue weighted by Gasteiger charge is -2.03. The third kappa shape index (κ3) is 11.9. The molecule has 0 saturated carbocycles. The predicted molar refractivity (Wildman–Crippen MR) is 59.9 cm³/mol. The minimum absolute atomic E-state index is 0.760. The number of ether oxygens (including phenoxy) is 2. The molecule has 85 valence electrons. The molecule has 2 heteroatoms. The lowest BCUT2D eigenvalue weighted by Crippen LogP contribution is -1.96. The first kappa shape index (κ1) is 13.9. The summed E-state index contributed by atoms with van der Waals surface area (Å²) in [6.07, 6.45) is 8.86. The Morgan fingerprint density at radius 2 is 1.36 bits per heavy atom. The van der Waals surface area contributed by atoms with Crippen molar-refractivity contribution in [3.8, 4) is 0 Å². The number of hydrogen-bond acceptors (Lipinski definition) is 2. The summed E-state index contributed by atoms with van der Waals surface area (Å²) in [6, 6.07) is 0. The van der Waals surface area contributed by atoms with Crippen molar-refractivity contribution in [2.24, 2.45) is 0 Å². The Morgan fingerprint density at radius 1 is 0.714 bits per heavy atom. The largest absolute Gasteiger partial charge is 0.348 e. The van der Waals surface area contributed by atoms with Crippen molar-refractivity contribution in [2.75, 3.05) is 13.2 Å². The van der Waals surface area contributed by atoms with Gasteiger partial charge < -0.3 is 9.47 Å². The minimum Gasteiger partial charge on any atom is -0.348 e. The molecule has 0 N–H and O–H groups in total. The highest BCUT2D eigenvalue weighted by Gasteiger charge is 1.91. The average molecular weight is 201 g/mol. The van der Waals surface area contributed by atoms with E-state index in [9.17, 15) is 0 Å². The van der Waals surface area contributed by atoms with Crippen LogP contribution in [0.2, 0.25) is 0 Å². The molecule has 0 atom stereocenters. The van der Waals surface area contributed by atoms with Crippen molar-refractivity contribution < 1.29 is 9.47 Å². The van der Waals surface area contributed by atoms with Crippen LogP contribution in [-0.4, -0.2) is 13.2 Å². The van der Waals surface area contributed by atoms with Crippen molar-refractivity contribution in [2.45, 2.75) is 58.8 Å². The van der Waals surface area contributed by atoms with E-state index in [1.807, 2.05) is 0 Å². The maximum absolute atomic E-state index is 5.20. The fraction of sp³-hybridized carbons (Fsp3) is 0.917. The molecule has 0 aliphatic heterocycles. The highest BCUT2D eigenvalue weighted by Crippen LogP contribution is 2.05. The fourth-order valence-electron chi connectivity index (χ4n) is 1.23. The van der Waals surface area contributed by atoms with Gasteiger partial charge >= 0.3 is 0 Å². The quantitative estimate of drug-likeness (QED) is 0.472. The van der Waals surface area contributed by atoms with Crippen molar-refractivity contribution in [1.29, 1.82) is 0 Å². The molecule has 0 unspecified atom stereocenters. The smallest absolute Gasteiger partial charge is 0.209 e. The molecule has 0 aromatic heterocycles. The SMILES string of the molecule is CCCCCCCCO[CH]OCCC. The molecule has 0 aliphatic carbocycles. The third-order valence-corrected chi connectivity index (χ3v) is 2.07. The Hall–Kier alpha value is -0.0800. The second-order valence-electron chi connectivity index (χ2n) is 3.61. The lowest BCUT2D eigenvalue weighted by atomic mass is 10.1. The summed E-state index contributed by atoms with van der Waals surface area (Å²) in [4.78, 5) is 0. The van der Waals surface area contributed by atoms with Crippen LogP contribution in [-0.2, 0) is 9.47 Å². The summed E-state index contributed by atoms with van der Waals surface area (Å²) in [5.41, 5.74) is 0. The molecule has 0 bridgehead atoms. The van der Waals surface area contributed by atoms with E-state index in [0.29, 0.717) is 0 Å². The maximum Gasteiger partial charge on any atom is 0.209 e. The Labute approximate surface area is 89.0 Å². The normalized spacial score (nSPS) is 10.7. The molecular weight excluding hydrogens is 176 g/mol. The van der Waals surface area contributed by atoms with E-state index in [1.54, 1.807) is 0 Å². The summed E-state index contributed by atoms with van der Waals surface area (Å²) >= 11 is 0. The van der Waals surface area contributed by atoms with Gasteiger partial charge in [0.1, 0.15) is 0 Å². The number of unbranched alkanes of at least 4 members (excludes halogenated alkanes) is 5. The van der Waals surface area contributed by atoms with Gasteiger partial charge in [0.2, 0.25) is 6.79 Å². The van der Waals surface area contributed by atoms with E-state index in [4.69, 9.17) is 9.47 Å². The molecule has 14 heavy (non-hydrogen) atoms. The van der Waals surface area contributed by atoms with Gasteiger partial charge in [-0.25, -0.2) is 0 Å². The van der Waals surface area contributed by atoms with Gasteiger partial charge in [0.15, 0.2) is 0 Å². The Kier molecular flexibility index (Phi) is 12.8. The molecule has 0 aromatic rings. The van der Waals surface area contributed by atoms with Crippen LogP contribution in [0.1, 0.15) is 58.8 Å². The van der Waals surface area contributed by atoms with Gasteiger partial charge in [0.05, 0.1) is 0 Å². The van der Waals surface area contributed by atoms with Crippen LogP contribution >= 0.6 is 0 Å². The predicted octanol–water partition coefficient (Wildman–Crippen LogP) is 3.91. The van der Waals surface area contributed by atoms with Crippen molar-refractivity contribution in [3.63, 3.8) is 0 Å². The van der Waals surface area contributed by atoms with Gasteiger partial charge in [0, 0.05) is 13.2 Å². The van der Waals surface area contributed by atoms with Gasteiger partial charge in [-0.15, -0.1) is 0 Å². The average Bonchev–Trinajstić information content (AvgIpc) is 2.21. The number of hydrogen-bond donors (Lipinski definition) is 0. The Balaban J connectivity index is 2.78. The first-order valence-electron chi connectivity index (χ1n) is 5.96. The molecule has 0 aliphatic rings. The highest BCUT2D eigenvalue weighted by atomic mass is 16.7. The van der Waals surface area contributed by atoms with Crippen LogP contribution in [0.4, 0.5) is 0 Å². The molecular formula is C12H25O2. The van der Waals surface area contributed by atoms with E-state index < -0.39 is 0 Å². The summed E-state index contributed by atoms with van der Waals surface area (Å²) in [6.45, 7) is 7.37. The first-order chi connectivity index (χ1) is 6.91. The van der Waals surface area contributed by atoms with Crippen molar-refractivity contribution in [1.82, 2.24) is 0 Å². The van der Waals surface area contributed by atoms with Crippen LogP contribution in [0.15, 0.2) is 0 Å². The summed E-state index contributed by atoms with van der Waals surface area (Å²) in [7, 11) is 0. The summed E-state index contributed by atoms with van der Waals surface area (Å²) in [5, 5.41) is 0. The van der Waals surface area contributed by atoms with E-state index >= 15 is 0 Å². The maximum atomic E-state index is 5.20. The van der Waals surface area contributed by atoms with E-state index in [-0.39, 0.29) is 0 Å². The van der Waals surface area contributed by atoms with Crippen LogP contribution in [0.5, 0.6) is 0 Å². The lowest BCUT2D eigenvalue weighted by molar-refractivity contribution is 0.0194. The van der Waals surface area contributed by atoms with Gasteiger partial charge in [-0.1, -0.05) is 46.0 Å². The van der Waals surface area contributed by atoms with Gasteiger partial charge in [-0.2, -0.15) is 0 Å². The van der Waals surface area contributed by atoms with Crippen molar-refractivity contribution in [3.05, 3.63) is 6.79 Å². The summed E-state index contributed by atoms with van der Waals surface area (Å²) < 4.78 is 10.3. The van der Waals surface area contributed by atoms with E-state index in [0.717, 1.165) is 26.1 Å². The Bertz CT molecular complexity index is 82.3. The molecule has 0 rings (SSSR count). The minimum atomic E-state index is 0.760. The monoisotopic (exact) mass is 201 g/mol. The Morgan fingerprint density at radius 3 is 2.07 bits per heavy atom. The van der Waals surface area contributed by atoms with Crippen LogP contribution in [0, 0.1) is 6.79 Å². The number of rotatable bonds is 11. The molecule has 0 aromatic carbocycles. The third-order valence-electron chi connectivity index (χ3n) is 2.07. The second-order valence-corrected chi connectivity index (χ2v) is 3.61. The highest BCUT2D eigenvalue weighted by molar-refractivity contribution is 4.43. The molecule has 0 amide bonds. The van der Waals surface area contributed by atoms with Crippen LogP contribution in [0.25, 0.3) is 0 Å². The van der Waals surface area contributed by atoms with Gasteiger partial charge in [-0.3, -0.25) is 0 Å². The molecule has 0 spiro atoms. The fourth-order valence-corrected chi connectivity index (χ4v) is 1.23. The van der Waals surface area contributed by atoms with Gasteiger partial charge in [-0.05, 0) is 12.8 Å². The van der Waals surface area contributed by atoms with Crippen molar-refractivity contribution >= 4 is 0 Å². The molecule has 0 saturated heterocycles. The molecule has 1 radical (unpaired) electrons. The standard InChI is InChI=1S/C12H25O2/c1-3-5-6-7-8-9-11-14-12-13-10-4-2/h12H,3-11H2,1-2H3.